The number of unbranched alkanes of at least 4 members (excludes halogenated alkanes) is 2. The highest BCUT2D eigenvalue weighted by Gasteiger charge is 2.15. The second-order valence-corrected chi connectivity index (χ2v) is 6.07. The first kappa shape index (κ1) is 17.5. The molecule has 6 heteroatoms. The van der Waals surface area contributed by atoms with Gasteiger partial charge in [0.15, 0.2) is 6.29 Å². The summed E-state index contributed by atoms with van der Waals surface area (Å²) in [6.07, 6.45) is 7.36. The first-order valence-corrected chi connectivity index (χ1v) is 8.95. The molecule has 0 bridgehead atoms. The molecule has 5 nitrogen and oxygen atoms in total. The SMILES string of the molecule is O=c1cc(COC2CCCCO2)occ1OCCCCCBr. The molecule has 1 aromatic rings. The van der Waals surface area contributed by atoms with Gasteiger partial charge in [0.2, 0.25) is 11.2 Å². The molecule has 0 amide bonds. The Morgan fingerprint density at radius 1 is 1.27 bits per heavy atom. The van der Waals surface area contributed by atoms with Crippen molar-refractivity contribution in [3.05, 3.63) is 28.3 Å². The lowest BCUT2D eigenvalue weighted by Gasteiger charge is -2.22. The van der Waals surface area contributed by atoms with E-state index in [4.69, 9.17) is 18.6 Å². The fraction of sp³-hybridized carbons (Fsp3) is 0.688. The lowest BCUT2D eigenvalue weighted by atomic mass is 10.2. The van der Waals surface area contributed by atoms with Crippen molar-refractivity contribution in [3.8, 4) is 5.75 Å². The number of rotatable bonds is 9. The predicted octanol–water partition coefficient (Wildman–Crippen LogP) is 3.63. The van der Waals surface area contributed by atoms with E-state index in [2.05, 4.69) is 15.9 Å². The highest BCUT2D eigenvalue weighted by Crippen LogP contribution is 2.16. The number of hydrogen-bond acceptors (Lipinski definition) is 5. The molecule has 1 fully saturated rings. The number of alkyl halides is 1. The summed E-state index contributed by atoms with van der Waals surface area (Å²) in [5, 5.41) is 0.995. The smallest absolute Gasteiger partial charge is 0.227 e. The lowest BCUT2D eigenvalue weighted by Crippen LogP contribution is -2.22. The van der Waals surface area contributed by atoms with Gasteiger partial charge in [-0.15, -0.1) is 0 Å². The normalized spacial score (nSPS) is 18.3. The topological polar surface area (TPSA) is 57.9 Å². The van der Waals surface area contributed by atoms with Crippen LogP contribution >= 0.6 is 15.9 Å². The highest BCUT2D eigenvalue weighted by atomic mass is 79.9. The van der Waals surface area contributed by atoms with Gasteiger partial charge in [-0.1, -0.05) is 15.9 Å². The molecular formula is C16H23BrO5. The summed E-state index contributed by atoms with van der Waals surface area (Å²) in [6, 6.07) is 1.43. The third-order valence-corrected chi connectivity index (χ3v) is 4.00. The van der Waals surface area contributed by atoms with Gasteiger partial charge in [-0.25, -0.2) is 0 Å². The molecule has 1 aliphatic rings. The summed E-state index contributed by atoms with van der Waals surface area (Å²) in [5.41, 5.74) is -0.171. The average molecular weight is 375 g/mol. The molecule has 2 heterocycles. The van der Waals surface area contributed by atoms with Crippen molar-refractivity contribution >= 4 is 15.9 Å². The van der Waals surface area contributed by atoms with Crippen LogP contribution in [0, 0.1) is 0 Å². The molecule has 0 saturated carbocycles. The molecular weight excluding hydrogens is 352 g/mol. The maximum Gasteiger partial charge on any atom is 0.227 e. The minimum atomic E-state index is -0.190. The molecule has 2 rings (SSSR count). The van der Waals surface area contributed by atoms with Crippen LogP contribution in [-0.4, -0.2) is 24.8 Å². The molecule has 0 spiro atoms. The van der Waals surface area contributed by atoms with Crippen molar-refractivity contribution in [1.29, 1.82) is 0 Å². The molecule has 0 radical (unpaired) electrons. The van der Waals surface area contributed by atoms with Crippen LogP contribution in [0.3, 0.4) is 0 Å². The summed E-state index contributed by atoms with van der Waals surface area (Å²) in [5.74, 6) is 0.752. The van der Waals surface area contributed by atoms with Crippen LogP contribution in [-0.2, 0) is 16.1 Å². The molecule has 1 atom stereocenters. The maximum absolute atomic E-state index is 11.9. The Hall–Kier alpha value is -0.850. The summed E-state index contributed by atoms with van der Waals surface area (Å²) >= 11 is 3.38. The van der Waals surface area contributed by atoms with Crippen LogP contribution in [0.15, 0.2) is 21.5 Å². The van der Waals surface area contributed by atoms with E-state index in [1.165, 1.54) is 12.3 Å². The van der Waals surface area contributed by atoms with Crippen molar-refractivity contribution in [2.75, 3.05) is 18.5 Å². The molecule has 0 aromatic carbocycles. The number of ether oxygens (including phenoxy) is 3. The average Bonchev–Trinajstić information content (AvgIpc) is 2.55. The Labute approximate surface area is 139 Å². The monoisotopic (exact) mass is 374 g/mol. The van der Waals surface area contributed by atoms with E-state index >= 15 is 0 Å². The van der Waals surface area contributed by atoms with E-state index in [-0.39, 0.29) is 24.1 Å². The zero-order valence-corrected chi connectivity index (χ0v) is 14.3. The van der Waals surface area contributed by atoms with Crippen molar-refractivity contribution < 1.29 is 18.6 Å². The maximum atomic E-state index is 11.9. The van der Waals surface area contributed by atoms with Crippen LogP contribution in [0.5, 0.6) is 5.75 Å². The van der Waals surface area contributed by atoms with Crippen LogP contribution in [0.1, 0.15) is 44.3 Å². The van der Waals surface area contributed by atoms with Crippen LogP contribution in [0.2, 0.25) is 0 Å². The van der Waals surface area contributed by atoms with Crippen molar-refractivity contribution in [2.24, 2.45) is 0 Å². The predicted molar refractivity (Wildman–Crippen MR) is 86.5 cm³/mol. The van der Waals surface area contributed by atoms with E-state index in [9.17, 15) is 4.79 Å². The summed E-state index contributed by atoms with van der Waals surface area (Å²) in [7, 11) is 0. The van der Waals surface area contributed by atoms with Crippen LogP contribution < -0.4 is 10.2 Å². The third kappa shape index (κ3) is 6.10. The molecule has 0 N–H and O–H groups in total. The Morgan fingerprint density at radius 3 is 2.91 bits per heavy atom. The largest absolute Gasteiger partial charge is 0.487 e. The Kier molecular flexibility index (Phi) is 7.98. The van der Waals surface area contributed by atoms with Crippen molar-refractivity contribution in [1.82, 2.24) is 0 Å². The van der Waals surface area contributed by atoms with Crippen LogP contribution in [0.4, 0.5) is 0 Å². The molecule has 124 valence electrons. The minimum Gasteiger partial charge on any atom is -0.487 e. The van der Waals surface area contributed by atoms with Crippen molar-refractivity contribution in [2.45, 2.75) is 51.4 Å². The van der Waals surface area contributed by atoms with Crippen molar-refractivity contribution in [3.63, 3.8) is 0 Å². The fourth-order valence-corrected chi connectivity index (χ4v) is 2.59. The minimum absolute atomic E-state index is 0.171. The zero-order valence-electron chi connectivity index (χ0n) is 12.7. The van der Waals surface area contributed by atoms with E-state index in [1.807, 2.05) is 0 Å². The second kappa shape index (κ2) is 10.0. The first-order valence-electron chi connectivity index (χ1n) is 7.83. The van der Waals surface area contributed by atoms with E-state index in [1.54, 1.807) is 0 Å². The van der Waals surface area contributed by atoms with Gasteiger partial charge in [0.05, 0.1) is 6.61 Å². The Balaban J connectivity index is 1.75. The van der Waals surface area contributed by atoms with Gasteiger partial charge in [-0.3, -0.25) is 4.79 Å². The molecule has 1 unspecified atom stereocenters. The standard InChI is InChI=1S/C16H23BrO5/c17-7-3-1-4-8-19-15-12-21-13(10-14(15)18)11-22-16-6-2-5-9-20-16/h10,12,16H,1-9,11H2. The third-order valence-electron chi connectivity index (χ3n) is 3.44. The Bertz CT molecular complexity index is 482. The van der Waals surface area contributed by atoms with Gasteiger partial charge in [0.1, 0.15) is 18.6 Å². The van der Waals surface area contributed by atoms with Gasteiger partial charge < -0.3 is 18.6 Å². The molecule has 1 aliphatic heterocycles. The molecule has 0 aliphatic carbocycles. The molecule has 22 heavy (non-hydrogen) atoms. The fourth-order valence-electron chi connectivity index (χ4n) is 2.19. The van der Waals surface area contributed by atoms with Crippen LogP contribution in [0.25, 0.3) is 0 Å². The van der Waals surface area contributed by atoms with E-state index in [0.29, 0.717) is 12.4 Å². The number of halogens is 1. The lowest BCUT2D eigenvalue weighted by molar-refractivity contribution is -0.171. The van der Waals surface area contributed by atoms with Gasteiger partial charge >= 0.3 is 0 Å². The summed E-state index contributed by atoms with van der Waals surface area (Å²) < 4.78 is 21.9. The molecule has 1 saturated heterocycles. The van der Waals surface area contributed by atoms with Gasteiger partial charge in [-0.2, -0.15) is 0 Å². The highest BCUT2D eigenvalue weighted by molar-refractivity contribution is 9.09. The zero-order chi connectivity index (χ0) is 15.6. The van der Waals surface area contributed by atoms with E-state index in [0.717, 1.165) is 50.5 Å². The van der Waals surface area contributed by atoms with Gasteiger partial charge in [0.25, 0.3) is 0 Å². The molecule has 1 aromatic heterocycles. The summed E-state index contributed by atoms with van der Waals surface area (Å²) in [6.45, 7) is 1.51. The Morgan fingerprint density at radius 2 is 2.18 bits per heavy atom. The number of hydrogen-bond donors (Lipinski definition) is 0. The quantitative estimate of drug-likeness (QED) is 0.487. The first-order chi connectivity index (χ1) is 10.8. The second-order valence-electron chi connectivity index (χ2n) is 5.28. The van der Waals surface area contributed by atoms with Gasteiger partial charge in [-0.05, 0) is 38.5 Å². The van der Waals surface area contributed by atoms with Gasteiger partial charge in [0, 0.05) is 18.0 Å². The summed E-state index contributed by atoms with van der Waals surface area (Å²) in [4.78, 5) is 11.9. The van der Waals surface area contributed by atoms with E-state index < -0.39 is 0 Å².